The molecule has 0 saturated carbocycles. The van der Waals surface area contributed by atoms with Crippen LogP contribution in [0.15, 0.2) is 77.9 Å². The van der Waals surface area contributed by atoms with Crippen LogP contribution in [0, 0.1) is 10.1 Å². The molecule has 3 aromatic carbocycles. The molecule has 0 aromatic heterocycles. The molecule has 29 heavy (non-hydrogen) atoms. The third-order valence-electron chi connectivity index (χ3n) is 4.34. The molecule has 0 aliphatic rings. The highest BCUT2D eigenvalue weighted by atomic mass is 35.5. The van der Waals surface area contributed by atoms with E-state index in [-0.39, 0.29) is 17.2 Å². The van der Waals surface area contributed by atoms with Crippen molar-refractivity contribution in [2.24, 2.45) is 5.10 Å². The van der Waals surface area contributed by atoms with Gasteiger partial charge in [0.25, 0.3) is 11.6 Å². The number of benzene rings is 3. The number of halogens is 1. The molecule has 0 unspecified atom stereocenters. The number of aryl methyl sites for hydroxylation is 2. The molecular weight excluding hydrogens is 390 g/mol. The van der Waals surface area contributed by atoms with Gasteiger partial charge in [0.05, 0.1) is 16.7 Å². The largest absolute Gasteiger partial charge is 0.278 e. The third-order valence-corrected chi connectivity index (χ3v) is 4.58. The SMILES string of the molecule is O=C(NN=Cc1cc(Cl)ccc1[N+](=O)[O-])c1ccccc1CCc1ccccc1. The minimum absolute atomic E-state index is 0.143. The van der Waals surface area contributed by atoms with Crippen molar-refractivity contribution in [2.75, 3.05) is 0 Å². The molecule has 6 nitrogen and oxygen atoms in total. The van der Waals surface area contributed by atoms with Gasteiger partial charge in [0.2, 0.25) is 0 Å². The first-order chi connectivity index (χ1) is 14.0. The van der Waals surface area contributed by atoms with E-state index in [1.807, 2.05) is 42.5 Å². The van der Waals surface area contributed by atoms with Gasteiger partial charge in [-0.3, -0.25) is 14.9 Å². The number of nitro benzene ring substituents is 1. The van der Waals surface area contributed by atoms with Crippen molar-refractivity contribution in [3.63, 3.8) is 0 Å². The van der Waals surface area contributed by atoms with E-state index in [0.29, 0.717) is 17.0 Å². The molecule has 0 spiro atoms. The second-order valence-electron chi connectivity index (χ2n) is 6.30. The van der Waals surface area contributed by atoms with E-state index in [0.717, 1.165) is 12.0 Å². The Hall–Kier alpha value is -3.51. The summed E-state index contributed by atoms with van der Waals surface area (Å²) in [6.45, 7) is 0. The molecule has 3 rings (SSSR count). The Bertz CT molecular complexity index is 1050. The maximum Gasteiger partial charge on any atom is 0.278 e. The maximum absolute atomic E-state index is 12.6. The molecule has 0 bridgehead atoms. The van der Waals surface area contributed by atoms with Crippen LogP contribution < -0.4 is 5.43 Å². The van der Waals surface area contributed by atoms with Gasteiger partial charge < -0.3 is 0 Å². The fourth-order valence-corrected chi connectivity index (χ4v) is 3.08. The van der Waals surface area contributed by atoms with Gasteiger partial charge >= 0.3 is 0 Å². The summed E-state index contributed by atoms with van der Waals surface area (Å²) in [7, 11) is 0. The summed E-state index contributed by atoms with van der Waals surface area (Å²) >= 11 is 5.89. The Kier molecular flexibility index (Phi) is 6.71. The van der Waals surface area contributed by atoms with E-state index in [2.05, 4.69) is 10.5 Å². The molecule has 1 N–H and O–H groups in total. The molecule has 0 saturated heterocycles. The smallest absolute Gasteiger partial charge is 0.267 e. The number of nitrogens with one attached hydrogen (secondary N) is 1. The van der Waals surface area contributed by atoms with Crippen molar-refractivity contribution in [3.8, 4) is 0 Å². The van der Waals surface area contributed by atoms with Crippen LogP contribution in [-0.4, -0.2) is 17.0 Å². The van der Waals surface area contributed by atoms with Gasteiger partial charge in [-0.1, -0.05) is 60.1 Å². The fourth-order valence-electron chi connectivity index (χ4n) is 2.90. The van der Waals surface area contributed by atoms with E-state index in [1.165, 1.54) is 30.0 Å². The zero-order chi connectivity index (χ0) is 20.6. The number of amides is 1. The Labute approximate surface area is 173 Å². The van der Waals surface area contributed by atoms with Crippen LogP contribution >= 0.6 is 11.6 Å². The molecule has 0 fully saturated rings. The van der Waals surface area contributed by atoms with E-state index >= 15 is 0 Å². The van der Waals surface area contributed by atoms with E-state index in [9.17, 15) is 14.9 Å². The summed E-state index contributed by atoms with van der Waals surface area (Å²) in [5.41, 5.74) is 5.11. The van der Waals surface area contributed by atoms with Crippen molar-refractivity contribution in [3.05, 3.63) is 110 Å². The van der Waals surface area contributed by atoms with Gasteiger partial charge in [-0.05, 0) is 42.2 Å². The first-order valence-corrected chi connectivity index (χ1v) is 9.31. The van der Waals surface area contributed by atoms with Crippen molar-refractivity contribution in [1.82, 2.24) is 5.43 Å². The van der Waals surface area contributed by atoms with Crippen LogP contribution in [0.4, 0.5) is 5.69 Å². The van der Waals surface area contributed by atoms with Crippen LogP contribution in [-0.2, 0) is 12.8 Å². The highest BCUT2D eigenvalue weighted by molar-refractivity contribution is 6.31. The molecule has 0 atom stereocenters. The van der Waals surface area contributed by atoms with Crippen molar-refractivity contribution in [1.29, 1.82) is 0 Å². The van der Waals surface area contributed by atoms with Crippen LogP contribution in [0.2, 0.25) is 5.02 Å². The number of hydrazone groups is 1. The molecule has 1 amide bonds. The Morgan fingerprint density at radius 1 is 1.03 bits per heavy atom. The highest BCUT2D eigenvalue weighted by Crippen LogP contribution is 2.21. The van der Waals surface area contributed by atoms with Crippen molar-refractivity contribution in [2.45, 2.75) is 12.8 Å². The molecule has 3 aromatic rings. The predicted octanol–water partition coefficient (Wildman–Crippen LogP) is 4.80. The lowest BCUT2D eigenvalue weighted by Gasteiger charge is -2.08. The van der Waals surface area contributed by atoms with Crippen LogP contribution in [0.5, 0.6) is 0 Å². The monoisotopic (exact) mass is 407 g/mol. The first kappa shape index (κ1) is 20.2. The molecule has 7 heteroatoms. The topological polar surface area (TPSA) is 84.6 Å². The predicted molar refractivity (Wildman–Crippen MR) is 113 cm³/mol. The van der Waals surface area contributed by atoms with Gasteiger partial charge in [-0.15, -0.1) is 0 Å². The number of carbonyl (C=O) groups is 1. The van der Waals surface area contributed by atoms with Gasteiger partial charge in [-0.2, -0.15) is 5.10 Å². The second kappa shape index (κ2) is 9.61. The lowest BCUT2D eigenvalue weighted by Crippen LogP contribution is -2.19. The summed E-state index contributed by atoms with van der Waals surface area (Å²) in [6, 6.07) is 21.5. The number of nitro groups is 1. The molecular formula is C22H18ClN3O3. The molecule has 0 radical (unpaired) electrons. The minimum atomic E-state index is -0.529. The van der Waals surface area contributed by atoms with Crippen LogP contribution in [0.1, 0.15) is 27.0 Å². The van der Waals surface area contributed by atoms with E-state index < -0.39 is 4.92 Å². The van der Waals surface area contributed by atoms with Crippen LogP contribution in [0.25, 0.3) is 0 Å². The normalized spacial score (nSPS) is 10.8. The average molecular weight is 408 g/mol. The zero-order valence-electron chi connectivity index (χ0n) is 15.4. The quantitative estimate of drug-likeness (QED) is 0.347. The number of hydrogen-bond acceptors (Lipinski definition) is 4. The molecule has 146 valence electrons. The number of carbonyl (C=O) groups excluding carboxylic acids is 1. The molecule has 0 aliphatic heterocycles. The number of hydrogen-bond donors (Lipinski definition) is 1. The van der Waals surface area contributed by atoms with E-state index in [1.54, 1.807) is 12.1 Å². The minimum Gasteiger partial charge on any atom is -0.267 e. The molecule has 0 aliphatic carbocycles. The standard InChI is InChI=1S/C22H18ClN3O3/c23-19-12-13-21(26(28)29)18(14-19)15-24-25-22(27)20-9-5-4-8-17(20)11-10-16-6-2-1-3-7-16/h1-9,12-15H,10-11H2,(H,25,27). The summed E-state index contributed by atoms with van der Waals surface area (Å²) in [4.78, 5) is 23.1. The highest BCUT2D eigenvalue weighted by Gasteiger charge is 2.13. The third kappa shape index (κ3) is 5.49. The van der Waals surface area contributed by atoms with E-state index in [4.69, 9.17) is 11.6 Å². The fraction of sp³-hybridized carbons (Fsp3) is 0.0909. The summed E-state index contributed by atoms with van der Waals surface area (Å²) in [5.74, 6) is -0.380. The van der Waals surface area contributed by atoms with Gasteiger partial charge in [0.1, 0.15) is 0 Å². The van der Waals surface area contributed by atoms with Gasteiger partial charge in [0.15, 0.2) is 0 Å². The van der Waals surface area contributed by atoms with Crippen LogP contribution in [0.3, 0.4) is 0 Å². The average Bonchev–Trinajstić information content (AvgIpc) is 2.73. The molecule has 0 heterocycles. The summed E-state index contributed by atoms with van der Waals surface area (Å²) in [6.07, 6.45) is 2.73. The second-order valence-corrected chi connectivity index (χ2v) is 6.74. The maximum atomic E-state index is 12.6. The van der Waals surface area contributed by atoms with Crippen molar-refractivity contribution >= 4 is 29.4 Å². The lowest BCUT2D eigenvalue weighted by molar-refractivity contribution is -0.385. The van der Waals surface area contributed by atoms with Gasteiger partial charge in [0, 0.05) is 16.7 Å². The zero-order valence-corrected chi connectivity index (χ0v) is 16.2. The summed E-state index contributed by atoms with van der Waals surface area (Å²) in [5, 5.41) is 15.3. The first-order valence-electron chi connectivity index (χ1n) is 8.94. The Morgan fingerprint density at radius 3 is 2.52 bits per heavy atom. The van der Waals surface area contributed by atoms with Gasteiger partial charge in [-0.25, -0.2) is 5.43 Å². The van der Waals surface area contributed by atoms with Crippen molar-refractivity contribution < 1.29 is 9.72 Å². The number of rotatable bonds is 7. The number of nitrogens with zero attached hydrogens (tertiary/aromatic N) is 2. The Morgan fingerprint density at radius 2 is 1.76 bits per heavy atom. The lowest BCUT2D eigenvalue weighted by atomic mass is 9.99. The Balaban J connectivity index is 1.71. The summed E-state index contributed by atoms with van der Waals surface area (Å²) < 4.78 is 0.